The Kier molecular flexibility index (Phi) is 6.03. The zero-order valence-corrected chi connectivity index (χ0v) is 18.1. The first-order valence-corrected chi connectivity index (χ1v) is 10.6. The lowest BCUT2D eigenvalue weighted by Gasteiger charge is -2.29. The highest BCUT2D eigenvalue weighted by Gasteiger charge is 2.25. The molecule has 6 heteroatoms. The molecule has 0 N–H and O–H groups in total. The van der Waals surface area contributed by atoms with E-state index in [1.807, 2.05) is 60.7 Å². The molecule has 4 aromatic rings. The highest BCUT2D eigenvalue weighted by Crippen LogP contribution is 2.27. The Balaban J connectivity index is 1.77. The molecule has 1 aromatic heterocycles. The van der Waals surface area contributed by atoms with Crippen LogP contribution in [-0.2, 0) is 17.9 Å². The van der Waals surface area contributed by atoms with Gasteiger partial charge < -0.3 is 4.90 Å². The Morgan fingerprint density at radius 2 is 1.34 bits per heavy atom. The van der Waals surface area contributed by atoms with Crippen LogP contribution >= 0.6 is 0 Å². The molecular weight excluding hydrogens is 402 g/mol. The molecule has 0 saturated heterocycles. The van der Waals surface area contributed by atoms with E-state index in [9.17, 15) is 14.4 Å². The lowest BCUT2D eigenvalue weighted by atomic mass is 9.97. The number of rotatable bonds is 6. The highest BCUT2D eigenvalue weighted by atomic mass is 16.2. The van der Waals surface area contributed by atoms with Crippen molar-refractivity contribution in [2.45, 2.75) is 26.1 Å². The van der Waals surface area contributed by atoms with Crippen LogP contribution in [0.5, 0.6) is 0 Å². The van der Waals surface area contributed by atoms with Gasteiger partial charge in [-0.3, -0.25) is 18.7 Å². The van der Waals surface area contributed by atoms with Crippen molar-refractivity contribution in [2.75, 3.05) is 7.05 Å². The summed E-state index contributed by atoms with van der Waals surface area (Å²) in [5, 5.41) is 0.423. The van der Waals surface area contributed by atoms with E-state index in [0.717, 1.165) is 11.1 Å². The zero-order valence-electron chi connectivity index (χ0n) is 18.1. The summed E-state index contributed by atoms with van der Waals surface area (Å²) in [5.74, 6) is -0.226. The second-order valence-corrected chi connectivity index (χ2v) is 7.66. The number of carbonyl (C=O) groups excluding carboxylic acids is 1. The maximum Gasteiger partial charge on any atom is 0.331 e. The molecular formula is C26H25N3O3. The van der Waals surface area contributed by atoms with Crippen LogP contribution < -0.4 is 11.2 Å². The van der Waals surface area contributed by atoms with Crippen LogP contribution in [0.3, 0.4) is 0 Å². The first-order chi connectivity index (χ1) is 15.5. The van der Waals surface area contributed by atoms with Crippen molar-refractivity contribution in [3.63, 3.8) is 0 Å². The molecule has 162 valence electrons. The Morgan fingerprint density at radius 1 is 0.812 bits per heavy atom. The molecule has 0 aliphatic heterocycles. The largest absolute Gasteiger partial charge is 0.333 e. The van der Waals surface area contributed by atoms with Crippen LogP contribution in [0.15, 0.2) is 94.5 Å². The Bertz CT molecular complexity index is 1320. The first kappa shape index (κ1) is 21.3. The van der Waals surface area contributed by atoms with E-state index >= 15 is 0 Å². The van der Waals surface area contributed by atoms with Crippen molar-refractivity contribution in [3.8, 4) is 0 Å². The van der Waals surface area contributed by atoms with Gasteiger partial charge in [-0.1, -0.05) is 72.8 Å². The van der Waals surface area contributed by atoms with E-state index in [0.29, 0.717) is 10.9 Å². The van der Waals surface area contributed by atoms with Gasteiger partial charge in [-0.2, -0.15) is 0 Å². The number of hydrogen-bond donors (Lipinski definition) is 0. The van der Waals surface area contributed by atoms with Gasteiger partial charge in [0.15, 0.2) is 0 Å². The fourth-order valence-electron chi connectivity index (χ4n) is 4.10. The van der Waals surface area contributed by atoms with Gasteiger partial charge in [-0.15, -0.1) is 0 Å². The molecule has 4 rings (SSSR count). The number of hydrogen-bond acceptors (Lipinski definition) is 3. The molecule has 3 aromatic carbocycles. The molecule has 6 nitrogen and oxygen atoms in total. The summed E-state index contributed by atoms with van der Waals surface area (Å²) in [5.41, 5.74) is 1.60. The van der Waals surface area contributed by atoms with Crippen molar-refractivity contribution in [1.82, 2.24) is 14.0 Å². The quantitative estimate of drug-likeness (QED) is 0.474. The fourth-order valence-corrected chi connectivity index (χ4v) is 4.10. The van der Waals surface area contributed by atoms with Gasteiger partial charge in [0.2, 0.25) is 5.91 Å². The van der Waals surface area contributed by atoms with Gasteiger partial charge in [-0.05, 0) is 30.2 Å². The fraction of sp³-hybridized carbons (Fsp3) is 0.192. The molecule has 0 radical (unpaired) electrons. The molecule has 0 unspecified atom stereocenters. The van der Waals surface area contributed by atoms with Crippen LogP contribution in [-0.4, -0.2) is 27.0 Å². The van der Waals surface area contributed by atoms with Gasteiger partial charge in [0, 0.05) is 13.6 Å². The summed E-state index contributed by atoms with van der Waals surface area (Å²) in [6.45, 7) is 1.83. The van der Waals surface area contributed by atoms with Gasteiger partial charge in [0.1, 0.15) is 6.54 Å². The molecule has 0 fully saturated rings. The number of amides is 1. The third-order valence-corrected chi connectivity index (χ3v) is 5.75. The minimum absolute atomic E-state index is 0.160. The Morgan fingerprint density at radius 3 is 1.91 bits per heavy atom. The monoisotopic (exact) mass is 427 g/mol. The predicted octanol–water partition coefficient (Wildman–Crippen LogP) is 3.43. The van der Waals surface area contributed by atoms with Crippen molar-refractivity contribution >= 4 is 16.8 Å². The standard InChI is InChI=1S/C26H25N3O3/c1-3-28-25(31)21-16-10-11-17-22(21)29(26(28)32)18-23(30)27(2)24(19-12-6-4-7-13-19)20-14-8-5-9-15-20/h4-17,24H,3,18H2,1-2H3. The van der Waals surface area contributed by atoms with Gasteiger partial charge >= 0.3 is 5.69 Å². The molecule has 32 heavy (non-hydrogen) atoms. The number of fused-ring (bicyclic) bond motifs is 1. The molecule has 1 amide bonds. The summed E-state index contributed by atoms with van der Waals surface area (Å²) in [4.78, 5) is 40.9. The van der Waals surface area contributed by atoms with E-state index in [-0.39, 0.29) is 30.6 Å². The Hall–Kier alpha value is -3.93. The summed E-state index contributed by atoms with van der Waals surface area (Å²) in [6.07, 6.45) is 0. The van der Waals surface area contributed by atoms with Crippen molar-refractivity contribution in [1.29, 1.82) is 0 Å². The number of benzene rings is 3. The van der Waals surface area contributed by atoms with Crippen molar-refractivity contribution < 1.29 is 4.79 Å². The van der Waals surface area contributed by atoms with E-state index in [1.165, 1.54) is 9.13 Å². The summed E-state index contributed by atoms with van der Waals surface area (Å²) >= 11 is 0. The smallest absolute Gasteiger partial charge is 0.331 e. The normalized spacial score (nSPS) is 11.1. The molecule has 1 heterocycles. The summed E-state index contributed by atoms with van der Waals surface area (Å²) < 4.78 is 2.56. The second-order valence-electron chi connectivity index (χ2n) is 7.66. The van der Waals surface area contributed by atoms with E-state index < -0.39 is 5.69 Å². The minimum Gasteiger partial charge on any atom is -0.333 e. The molecule has 0 aliphatic carbocycles. The number of carbonyl (C=O) groups is 1. The topological polar surface area (TPSA) is 64.3 Å². The molecule has 0 atom stereocenters. The lowest BCUT2D eigenvalue weighted by molar-refractivity contribution is -0.132. The maximum absolute atomic E-state index is 13.5. The lowest BCUT2D eigenvalue weighted by Crippen LogP contribution is -2.43. The SMILES string of the molecule is CCn1c(=O)c2ccccc2n(CC(=O)N(C)C(c2ccccc2)c2ccccc2)c1=O. The third kappa shape index (κ3) is 3.87. The molecule has 0 saturated carbocycles. The van der Waals surface area contributed by atoms with E-state index in [1.54, 1.807) is 43.1 Å². The summed E-state index contributed by atoms with van der Waals surface area (Å²) in [6, 6.07) is 26.2. The number of para-hydroxylation sites is 1. The minimum atomic E-state index is -0.478. The predicted molar refractivity (Wildman–Crippen MR) is 126 cm³/mol. The maximum atomic E-state index is 13.5. The molecule has 0 spiro atoms. The van der Waals surface area contributed by atoms with Gasteiger partial charge in [-0.25, -0.2) is 4.79 Å². The average molecular weight is 428 g/mol. The van der Waals surface area contributed by atoms with Crippen LogP contribution in [0.1, 0.15) is 24.1 Å². The van der Waals surface area contributed by atoms with E-state index in [2.05, 4.69) is 0 Å². The van der Waals surface area contributed by atoms with E-state index in [4.69, 9.17) is 0 Å². The van der Waals surface area contributed by atoms with Crippen LogP contribution in [0, 0.1) is 0 Å². The number of nitrogens with zero attached hydrogens (tertiary/aromatic N) is 3. The highest BCUT2D eigenvalue weighted by molar-refractivity contribution is 5.82. The number of aromatic nitrogens is 2. The average Bonchev–Trinajstić information content (AvgIpc) is 2.83. The molecule has 0 bridgehead atoms. The van der Waals surface area contributed by atoms with Crippen LogP contribution in [0.4, 0.5) is 0 Å². The van der Waals surface area contributed by atoms with Crippen LogP contribution in [0.25, 0.3) is 10.9 Å². The van der Waals surface area contributed by atoms with Gasteiger partial charge in [0.25, 0.3) is 5.56 Å². The van der Waals surface area contributed by atoms with Crippen molar-refractivity contribution in [2.24, 2.45) is 0 Å². The summed E-state index contributed by atoms with van der Waals surface area (Å²) in [7, 11) is 1.75. The first-order valence-electron chi connectivity index (χ1n) is 10.6. The third-order valence-electron chi connectivity index (χ3n) is 5.75. The van der Waals surface area contributed by atoms with Crippen molar-refractivity contribution in [3.05, 3.63) is 117 Å². The van der Waals surface area contributed by atoms with Crippen LogP contribution in [0.2, 0.25) is 0 Å². The Labute approximate surface area is 186 Å². The van der Waals surface area contributed by atoms with Gasteiger partial charge in [0.05, 0.1) is 16.9 Å². The zero-order chi connectivity index (χ0) is 22.7. The molecule has 0 aliphatic rings. The second kappa shape index (κ2) is 9.06. The number of likely N-dealkylation sites (N-methyl/N-ethyl adjacent to an activating group) is 1.